The Kier molecular flexibility index (Phi) is 3.89. The van der Waals surface area contributed by atoms with Crippen molar-refractivity contribution in [2.45, 2.75) is 6.42 Å². The molecule has 0 heterocycles. The molecular weight excluding hydrogens is 110 g/mol. The molecule has 0 fully saturated rings. The number of hydrogen-bond acceptors (Lipinski definition) is 2. The van der Waals surface area contributed by atoms with Crippen molar-refractivity contribution in [1.29, 1.82) is 0 Å². The van der Waals surface area contributed by atoms with E-state index in [0.717, 1.165) is 5.75 Å². The van der Waals surface area contributed by atoms with Gasteiger partial charge in [-0.15, -0.1) is 0 Å². The lowest BCUT2D eigenvalue weighted by atomic mass is 10.5. The normalized spacial score (nSPS) is 8.71. The second-order valence-electron chi connectivity index (χ2n) is 1.21. The SMILES string of the molecule is CSCCC(N)=O. The lowest BCUT2D eigenvalue weighted by Gasteiger charge is -1.87. The maximum atomic E-state index is 9.97. The Balaban J connectivity index is 2.82. The second-order valence-corrected chi connectivity index (χ2v) is 2.19. The first-order chi connectivity index (χ1) is 3.27. The van der Waals surface area contributed by atoms with Gasteiger partial charge in [-0.3, -0.25) is 4.79 Å². The van der Waals surface area contributed by atoms with Gasteiger partial charge in [0.05, 0.1) is 0 Å². The first kappa shape index (κ1) is 6.82. The highest BCUT2D eigenvalue weighted by molar-refractivity contribution is 7.98. The summed E-state index contributed by atoms with van der Waals surface area (Å²) in [7, 11) is 0. The van der Waals surface area contributed by atoms with Crippen LogP contribution < -0.4 is 5.73 Å². The molecule has 2 nitrogen and oxygen atoms in total. The minimum atomic E-state index is -0.214. The molecule has 2 N–H and O–H groups in total. The maximum Gasteiger partial charge on any atom is 0.218 e. The number of carbonyl (C=O) groups excluding carboxylic acids is 1. The van der Waals surface area contributed by atoms with Crippen LogP contribution in [0.15, 0.2) is 0 Å². The zero-order valence-corrected chi connectivity index (χ0v) is 5.12. The summed E-state index contributed by atoms with van der Waals surface area (Å²) < 4.78 is 0. The van der Waals surface area contributed by atoms with Crippen LogP contribution in [0.3, 0.4) is 0 Å². The van der Waals surface area contributed by atoms with Crippen LogP contribution in [0.2, 0.25) is 0 Å². The summed E-state index contributed by atoms with van der Waals surface area (Å²) in [5.74, 6) is 0.629. The van der Waals surface area contributed by atoms with E-state index in [1.54, 1.807) is 11.8 Å². The third-order valence-corrected chi connectivity index (χ3v) is 1.16. The van der Waals surface area contributed by atoms with Crippen LogP contribution in [0.5, 0.6) is 0 Å². The molecule has 3 heteroatoms. The highest BCUT2D eigenvalue weighted by atomic mass is 32.2. The van der Waals surface area contributed by atoms with Gasteiger partial charge in [0.15, 0.2) is 0 Å². The average molecular weight is 119 g/mol. The van der Waals surface area contributed by atoms with Gasteiger partial charge in [0.25, 0.3) is 0 Å². The van der Waals surface area contributed by atoms with Gasteiger partial charge in [-0.05, 0) is 6.26 Å². The quantitative estimate of drug-likeness (QED) is 0.577. The molecule has 0 aliphatic carbocycles. The molecule has 0 radical (unpaired) electrons. The van der Waals surface area contributed by atoms with Crippen molar-refractivity contribution < 1.29 is 4.79 Å². The summed E-state index contributed by atoms with van der Waals surface area (Å²) >= 11 is 1.63. The molecule has 0 rings (SSSR count). The van der Waals surface area contributed by atoms with Gasteiger partial charge in [0.2, 0.25) is 5.91 Å². The topological polar surface area (TPSA) is 43.1 Å². The number of rotatable bonds is 3. The van der Waals surface area contributed by atoms with Gasteiger partial charge in [0, 0.05) is 12.2 Å². The highest BCUT2D eigenvalue weighted by Gasteiger charge is 1.88. The van der Waals surface area contributed by atoms with E-state index in [4.69, 9.17) is 5.73 Å². The summed E-state index contributed by atoms with van der Waals surface area (Å²) in [5, 5.41) is 0. The van der Waals surface area contributed by atoms with Crippen LogP contribution in [0.4, 0.5) is 0 Å². The summed E-state index contributed by atoms with van der Waals surface area (Å²) in [4.78, 5) is 9.97. The van der Waals surface area contributed by atoms with Gasteiger partial charge >= 0.3 is 0 Å². The van der Waals surface area contributed by atoms with Gasteiger partial charge in [-0.25, -0.2) is 0 Å². The maximum absolute atomic E-state index is 9.97. The molecule has 0 spiro atoms. The zero-order valence-electron chi connectivity index (χ0n) is 4.31. The van der Waals surface area contributed by atoms with Crippen molar-refractivity contribution >= 4 is 17.7 Å². The monoisotopic (exact) mass is 119 g/mol. The average Bonchev–Trinajstić information content (AvgIpc) is 1.61. The number of carbonyl (C=O) groups is 1. The standard InChI is InChI=1S/C4H9NOS/c1-7-3-2-4(5)6/h2-3H2,1H3,(H2,5,6). The fourth-order valence-electron chi connectivity index (χ4n) is 0.203. The smallest absolute Gasteiger partial charge is 0.218 e. The lowest BCUT2D eigenvalue weighted by Crippen LogP contribution is -2.10. The zero-order chi connectivity index (χ0) is 5.70. The van der Waals surface area contributed by atoms with E-state index in [1.165, 1.54) is 0 Å². The Morgan fingerprint density at radius 1 is 1.86 bits per heavy atom. The van der Waals surface area contributed by atoms with Crippen molar-refractivity contribution in [1.82, 2.24) is 0 Å². The van der Waals surface area contributed by atoms with Crippen LogP contribution in [0, 0.1) is 0 Å². The van der Waals surface area contributed by atoms with Crippen molar-refractivity contribution in [2.75, 3.05) is 12.0 Å². The Morgan fingerprint density at radius 2 is 2.43 bits per heavy atom. The van der Waals surface area contributed by atoms with Crippen LogP contribution in [0.25, 0.3) is 0 Å². The second kappa shape index (κ2) is 3.99. The number of hydrogen-bond donors (Lipinski definition) is 1. The molecule has 0 unspecified atom stereocenters. The van der Waals surface area contributed by atoms with Crippen molar-refractivity contribution in [3.8, 4) is 0 Å². The number of amides is 1. The molecular formula is C4H9NOS. The molecule has 0 atom stereocenters. The van der Waals surface area contributed by atoms with Crippen LogP contribution in [-0.2, 0) is 4.79 Å². The number of primary amides is 1. The fourth-order valence-corrected chi connectivity index (χ4v) is 0.608. The van der Waals surface area contributed by atoms with E-state index in [2.05, 4.69) is 0 Å². The molecule has 0 aromatic rings. The Labute approximate surface area is 47.5 Å². The molecule has 0 aliphatic rings. The van der Waals surface area contributed by atoms with Gasteiger partial charge in [-0.1, -0.05) is 0 Å². The molecule has 42 valence electrons. The highest BCUT2D eigenvalue weighted by Crippen LogP contribution is 1.92. The van der Waals surface area contributed by atoms with E-state index in [0.29, 0.717) is 6.42 Å². The van der Waals surface area contributed by atoms with Gasteiger partial charge in [-0.2, -0.15) is 11.8 Å². The lowest BCUT2D eigenvalue weighted by molar-refractivity contribution is -0.117. The summed E-state index contributed by atoms with van der Waals surface area (Å²) in [6.07, 6.45) is 2.45. The molecule has 0 saturated carbocycles. The van der Waals surface area contributed by atoms with E-state index in [-0.39, 0.29) is 5.91 Å². The number of thioether (sulfide) groups is 1. The molecule has 0 aromatic carbocycles. The van der Waals surface area contributed by atoms with Gasteiger partial charge < -0.3 is 5.73 Å². The van der Waals surface area contributed by atoms with Crippen molar-refractivity contribution in [3.63, 3.8) is 0 Å². The molecule has 0 bridgehead atoms. The molecule has 0 aromatic heterocycles. The van der Waals surface area contributed by atoms with Crippen LogP contribution in [0.1, 0.15) is 6.42 Å². The first-order valence-corrected chi connectivity index (χ1v) is 3.44. The Hall–Kier alpha value is -0.180. The van der Waals surface area contributed by atoms with E-state index >= 15 is 0 Å². The minimum absolute atomic E-state index is 0.214. The summed E-state index contributed by atoms with van der Waals surface area (Å²) in [5.41, 5.74) is 4.83. The number of nitrogens with two attached hydrogens (primary N) is 1. The Bertz CT molecular complexity index is 64.7. The Morgan fingerprint density at radius 3 is 2.57 bits per heavy atom. The summed E-state index contributed by atoms with van der Waals surface area (Å²) in [6, 6.07) is 0. The molecule has 1 amide bonds. The van der Waals surface area contributed by atoms with Crippen molar-refractivity contribution in [2.24, 2.45) is 5.73 Å². The predicted octanol–water partition coefficient (Wildman–Crippen LogP) is 0.225. The predicted molar refractivity (Wildman–Crippen MR) is 32.2 cm³/mol. The van der Waals surface area contributed by atoms with Gasteiger partial charge in [0.1, 0.15) is 0 Å². The van der Waals surface area contributed by atoms with E-state index in [1.807, 2.05) is 6.26 Å². The van der Waals surface area contributed by atoms with Crippen molar-refractivity contribution in [3.05, 3.63) is 0 Å². The fraction of sp³-hybridized carbons (Fsp3) is 0.750. The third-order valence-electron chi connectivity index (χ3n) is 0.553. The minimum Gasteiger partial charge on any atom is -0.370 e. The van der Waals surface area contributed by atoms with E-state index in [9.17, 15) is 4.79 Å². The van der Waals surface area contributed by atoms with Crippen LogP contribution >= 0.6 is 11.8 Å². The molecule has 7 heavy (non-hydrogen) atoms. The first-order valence-electron chi connectivity index (χ1n) is 2.04. The third kappa shape index (κ3) is 5.82. The van der Waals surface area contributed by atoms with Crippen LogP contribution in [-0.4, -0.2) is 17.9 Å². The van der Waals surface area contributed by atoms with E-state index < -0.39 is 0 Å². The molecule has 0 saturated heterocycles. The summed E-state index contributed by atoms with van der Waals surface area (Å²) in [6.45, 7) is 0. The molecule has 0 aliphatic heterocycles. The largest absolute Gasteiger partial charge is 0.370 e.